The van der Waals surface area contributed by atoms with Crippen LogP contribution < -0.4 is 10.6 Å². The van der Waals surface area contributed by atoms with Crippen LogP contribution in [0.3, 0.4) is 0 Å². The third kappa shape index (κ3) is 4.33. The van der Waals surface area contributed by atoms with E-state index in [-0.39, 0.29) is 5.69 Å². The number of carbonyl (C=O) groups excluding carboxylic acids is 1. The van der Waals surface area contributed by atoms with Crippen LogP contribution in [0.1, 0.15) is 36.3 Å². The van der Waals surface area contributed by atoms with Gasteiger partial charge in [0.15, 0.2) is 0 Å². The molecule has 2 N–H and O–H groups in total. The van der Waals surface area contributed by atoms with Crippen LogP contribution in [0.15, 0.2) is 36.9 Å². The topological polar surface area (TPSA) is 121 Å². The van der Waals surface area contributed by atoms with E-state index in [0.29, 0.717) is 28.3 Å². The summed E-state index contributed by atoms with van der Waals surface area (Å²) in [7, 11) is 0. The SMILES string of the molecule is C[C@@H](C#N)NC(=O)c1ccc(-c2nc(Nc3cnn(C4CC4)c3)ncc2Cl)cn1. The van der Waals surface area contributed by atoms with E-state index in [1.807, 2.05) is 16.9 Å². The van der Waals surface area contributed by atoms with Crippen LogP contribution >= 0.6 is 11.6 Å². The van der Waals surface area contributed by atoms with E-state index < -0.39 is 11.9 Å². The smallest absolute Gasteiger partial charge is 0.270 e. The molecule has 4 rings (SSSR count). The van der Waals surface area contributed by atoms with Gasteiger partial charge in [0.25, 0.3) is 5.91 Å². The molecule has 3 aromatic rings. The van der Waals surface area contributed by atoms with Crippen LogP contribution in [0.25, 0.3) is 11.3 Å². The Kier molecular flexibility index (Phi) is 5.10. The lowest BCUT2D eigenvalue weighted by Crippen LogP contribution is -2.31. The molecule has 1 aliphatic rings. The maximum absolute atomic E-state index is 12.0. The fourth-order valence-corrected chi connectivity index (χ4v) is 2.87. The standard InChI is InChI=1S/C19H17ClN8O/c1-11(6-21)25-18(29)16-5-2-12(7-22-16)17-15(20)9-23-19(27-17)26-13-8-24-28(10-13)14-3-4-14/h2,5,7-11,14H,3-4H2,1H3,(H,25,29)(H,23,26,27)/t11-/m0/s1. The first-order chi connectivity index (χ1) is 14.0. The van der Waals surface area contributed by atoms with Gasteiger partial charge in [0.1, 0.15) is 11.7 Å². The van der Waals surface area contributed by atoms with Gasteiger partial charge in [-0.2, -0.15) is 10.4 Å². The second-order valence-electron chi connectivity index (χ2n) is 6.71. The average molecular weight is 409 g/mol. The van der Waals surface area contributed by atoms with Crippen LogP contribution in [-0.4, -0.2) is 36.7 Å². The zero-order valence-electron chi connectivity index (χ0n) is 15.5. The molecule has 29 heavy (non-hydrogen) atoms. The molecule has 0 aliphatic heterocycles. The Morgan fingerprint density at radius 1 is 1.31 bits per heavy atom. The molecule has 0 unspecified atom stereocenters. The monoisotopic (exact) mass is 408 g/mol. The van der Waals surface area contributed by atoms with Gasteiger partial charge in [-0.25, -0.2) is 9.97 Å². The Labute approximate surface area is 171 Å². The first-order valence-corrected chi connectivity index (χ1v) is 9.42. The van der Waals surface area contributed by atoms with Crippen LogP contribution in [-0.2, 0) is 0 Å². The summed E-state index contributed by atoms with van der Waals surface area (Å²) in [5, 5.41) is 19.1. The van der Waals surface area contributed by atoms with E-state index in [9.17, 15) is 4.79 Å². The van der Waals surface area contributed by atoms with Gasteiger partial charge in [-0.1, -0.05) is 11.6 Å². The highest BCUT2D eigenvalue weighted by Crippen LogP contribution is 2.35. The van der Waals surface area contributed by atoms with Crippen molar-refractivity contribution in [2.75, 3.05) is 5.32 Å². The van der Waals surface area contributed by atoms with Crippen molar-refractivity contribution in [1.82, 2.24) is 30.0 Å². The number of pyridine rings is 1. The molecule has 0 radical (unpaired) electrons. The molecule has 0 aromatic carbocycles. The summed E-state index contributed by atoms with van der Waals surface area (Å²) in [6, 6.07) is 5.08. The van der Waals surface area contributed by atoms with Gasteiger partial charge in [0.2, 0.25) is 5.95 Å². The normalized spacial score (nSPS) is 14.1. The summed E-state index contributed by atoms with van der Waals surface area (Å²) in [6.07, 6.45) is 8.97. The van der Waals surface area contributed by atoms with E-state index in [2.05, 4.69) is 30.7 Å². The molecule has 146 valence electrons. The molecular formula is C19H17ClN8O. The van der Waals surface area contributed by atoms with Crippen LogP contribution in [0.4, 0.5) is 11.6 Å². The largest absolute Gasteiger partial charge is 0.335 e. The van der Waals surface area contributed by atoms with Crippen molar-refractivity contribution in [2.45, 2.75) is 31.8 Å². The summed E-state index contributed by atoms with van der Waals surface area (Å²) >= 11 is 6.27. The minimum absolute atomic E-state index is 0.201. The van der Waals surface area contributed by atoms with Crippen molar-refractivity contribution < 1.29 is 4.79 Å². The quantitative estimate of drug-likeness (QED) is 0.642. The summed E-state index contributed by atoms with van der Waals surface area (Å²) < 4.78 is 1.93. The highest BCUT2D eigenvalue weighted by molar-refractivity contribution is 6.32. The number of anilines is 2. The highest BCUT2D eigenvalue weighted by atomic mass is 35.5. The minimum atomic E-state index is -0.599. The zero-order valence-corrected chi connectivity index (χ0v) is 16.3. The van der Waals surface area contributed by atoms with Crippen molar-refractivity contribution in [3.05, 3.63) is 47.6 Å². The second-order valence-corrected chi connectivity index (χ2v) is 7.12. The van der Waals surface area contributed by atoms with E-state index in [1.54, 1.807) is 25.3 Å². The minimum Gasteiger partial charge on any atom is -0.335 e. The Hall–Kier alpha value is -3.51. The van der Waals surface area contributed by atoms with Crippen LogP contribution in [0.5, 0.6) is 0 Å². The van der Waals surface area contributed by atoms with E-state index in [1.165, 1.54) is 12.4 Å². The number of aromatic nitrogens is 5. The number of hydrogen-bond acceptors (Lipinski definition) is 7. The van der Waals surface area contributed by atoms with Gasteiger partial charge in [0, 0.05) is 18.0 Å². The predicted molar refractivity (Wildman–Crippen MR) is 107 cm³/mol. The molecule has 1 aliphatic carbocycles. The van der Waals surface area contributed by atoms with E-state index >= 15 is 0 Å². The fraction of sp³-hybridized carbons (Fsp3) is 0.263. The summed E-state index contributed by atoms with van der Waals surface area (Å²) in [5.74, 6) is -0.0428. The number of halogens is 1. The van der Waals surface area contributed by atoms with Gasteiger partial charge in [-0.15, -0.1) is 0 Å². The summed E-state index contributed by atoms with van der Waals surface area (Å²) in [6.45, 7) is 1.59. The van der Waals surface area contributed by atoms with E-state index in [0.717, 1.165) is 18.5 Å². The predicted octanol–water partition coefficient (Wildman–Crippen LogP) is 3.11. The van der Waals surface area contributed by atoms with Gasteiger partial charge < -0.3 is 10.6 Å². The van der Waals surface area contributed by atoms with Crippen molar-refractivity contribution in [1.29, 1.82) is 5.26 Å². The maximum Gasteiger partial charge on any atom is 0.270 e. The second kappa shape index (κ2) is 7.85. The van der Waals surface area contributed by atoms with Gasteiger partial charge in [0.05, 0.1) is 40.9 Å². The molecule has 0 saturated heterocycles. The lowest BCUT2D eigenvalue weighted by molar-refractivity contribution is 0.0943. The Balaban J connectivity index is 1.52. The number of rotatable bonds is 6. The molecule has 10 heteroatoms. The lowest BCUT2D eigenvalue weighted by Gasteiger charge is -2.08. The molecule has 3 heterocycles. The van der Waals surface area contributed by atoms with Gasteiger partial charge in [-0.05, 0) is 31.9 Å². The molecule has 3 aromatic heterocycles. The average Bonchev–Trinajstić information content (AvgIpc) is 3.48. The Morgan fingerprint density at radius 2 is 2.14 bits per heavy atom. The van der Waals surface area contributed by atoms with Crippen molar-refractivity contribution in [3.8, 4) is 17.3 Å². The number of nitrogens with one attached hydrogen (secondary N) is 2. The maximum atomic E-state index is 12.0. The van der Waals surface area contributed by atoms with E-state index in [4.69, 9.17) is 16.9 Å². The third-order valence-electron chi connectivity index (χ3n) is 4.33. The first-order valence-electron chi connectivity index (χ1n) is 9.04. The number of carbonyl (C=O) groups is 1. The zero-order chi connectivity index (χ0) is 20.4. The lowest BCUT2D eigenvalue weighted by atomic mass is 10.2. The number of nitriles is 1. The van der Waals surface area contributed by atoms with Crippen LogP contribution in [0.2, 0.25) is 5.02 Å². The highest BCUT2D eigenvalue weighted by Gasteiger charge is 2.24. The molecule has 1 fully saturated rings. The third-order valence-corrected chi connectivity index (χ3v) is 4.61. The molecule has 0 spiro atoms. The van der Waals surface area contributed by atoms with Crippen LogP contribution in [0, 0.1) is 11.3 Å². The molecule has 1 amide bonds. The molecular weight excluding hydrogens is 392 g/mol. The molecule has 0 bridgehead atoms. The first kappa shape index (κ1) is 18.8. The van der Waals surface area contributed by atoms with Crippen molar-refractivity contribution in [3.63, 3.8) is 0 Å². The molecule has 1 saturated carbocycles. The number of hydrogen-bond donors (Lipinski definition) is 2. The Morgan fingerprint density at radius 3 is 2.83 bits per heavy atom. The molecule has 9 nitrogen and oxygen atoms in total. The number of nitrogens with zero attached hydrogens (tertiary/aromatic N) is 6. The molecule has 1 atom stereocenters. The van der Waals surface area contributed by atoms with Gasteiger partial charge >= 0.3 is 0 Å². The van der Waals surface area contributed by atoms with Crippen molar-refractivity contribution >= 4 is 29.1 Å². The fourth-order valence-electron chi connectivity index (χ4n) is 2.67. The van der Waals surface area contributed by atoms with Gasteiger partial charge in [-0.3, -0.25) is 14.5 Å². The Bertz CT molecular complexity index is 1080. The summed E-state index contributed by atoms with van der Waals surface area (Å²) in [4.78, 5) is 24.9. The number of amides is 1. The van der Waals surface area contributed by atoms with Crippen molar-refractivity contribution in [2.24, 2.45) is 0 Å². The summed E-state index contributed by atoms with van der Waals surface area (Å²) in [5.41, 5.74) is 2.12.